The van der Waals surface area contributed by atoms with Gasteiger partial charge in [-0.2, -0.15) is 0 Å². The molecule has 2 aromatic rings. The molecule has 6 heteroatoms. The summed E-state index contributed by atoms with van der Waals surface area (Å²) in [7, 11) is 0. The minimum Gasteiger partial charge on any atom is -0.351 e. The van der Waals surface area contributed by atoms with Gasteiger partial charge in [0.1, 0.15) is 0 Å². The van der Waals surface area contributed by atoms with Gasteiger partial charge in [-0.15, -0.1) is 11.3 Å². The summed E-state index contributed by atoms with van der Waals surface area (Å²) in [4.78, 5) is 27.5. The lowest BCUT2D eigenvalue weighted by molar-refractivity contribution is -0.119. The van der Waals surface area contributed by atoms with E-state index in [0.717, 1.165) is 4.88 Å². The Kier molecular flexibility index (Phi) is 5.50. The maximum absolute atomic E-state index is 12.8. The van der Waals surface area contributed by atoms with Crippen molar-refractivity contribution in [1.29, 1.82) is 0 Å². The van der Waals surface area contributed by atoms with E-state index in [-0.39, 0.29) is 23.7 Å². The van der Waals surface area contributed by atoms with Crippen LogP contribution in [0.2, 0.25) is 0 Å². The van der Waals surface area contributed by atoms with Crippen molar-refractivity contribution >= 4 is 23.2 Å². The number of likely N-dealkylation sites (tertiary alicyclic amines) is 1. The van der Waals surface area contributed by atoms with Crippen molar-refractivity contribution in [1.82, 2.24) is 10.2 Å². The maximum atomic E-state index is 12.8. The van der Waals surface area contributed by atoms with Gasteiger partial charge in [-0.1, -0.05) is 30.3 Å². The minimum atomic E-state index is -0.0719. The van der Waals surface area contributed by atoms with Crippen LogP contribution >= 0.6 is 11.3 Å². The molecule has 2 heterocycles. The van der Waals surface area contributed by atoms with Gasteiger partial charge >= 0.3 is 0 Å². The Morgan fingerprint density at radius 2 is 1.96 bits per heavy atom. The average Bonchev–Trinajstić information content (AvgIpc) is 3.27. The fourth-order valence-corrected chi connectivity index (χ4v) is 4.22. The molecule has 1 aliphatic heterocycles. The maximum Gasteiger partial charge on any atom is 0.263 e. The molecule has 1 saturated heterocycles. The molecule has 5 nitrogen and oxygen atoms in total. The lowest BCUT2D eigenvalue weighted by Crippen LogP contribution is -2.29. The van der Waals surface area contributed by atoms with Gasteiger partial charge < -0.3 is 16.0 Å². The first-order chi connectivity index (χ1) is 12.1. The summed E-state index contributed by atoms with van der Waals surface area (Å²) >= 11 is 1.44. The summed E-state index contributed by atoms with van der Waals surface area (Å²) in [5.74, 6) is 0.549. The van der Waals surface area contributed by atoms with E-state index in [1.165, 1.54) is 23.8 Å². The van der Waals surface area contributed by atoms with Crippen LogP contribution in [0.15, 0.2) is 42.5 Å². The highest BCUT2D eigenvalue weighted by atomic mass is 32.1. The van der Waals surface area contributed by atoms with E-state index in [2.05, 4.69) is 17.4 Å². The summed E-state index contributed by atoms with van der Waals surface area (Å²) in [6.45, 7) is 3.91. The van der Waals surface area contributed by atoms with E-state index < -0.39 is 0 Å². The van der Waals surface area contributed by atoms with E-state index >= 15 is 0 Å². The number of amides is 2. The van der Waals surface area contributed by atoms with Crippen molar-refractivity contribution in [3.05, 3.63) is 57.8 Å². The molecule has 1 fully saturated rings. The molecule has 1 aromatic carbocycles. The standard InChI is InChI=1S/C19H23N3O2S/c1-13(23)21-10-16-7-8-18(25-16)19(24)22-11-15(9-20)17(12-22)14-5-3-2-4-6-14/h2-8,15,17H,9-12,20H2,1H3,(H,21,23)/t15-,17+/m1/s1. The number of carbonyl (C=O) groups excluding carboxylic acids is 2. The van der Waals surface area contributed by atoms with Crippen LogP contribution in [0.3, 0.4) is 0 Å². The fraction of sp³-hybridized carbons (Fsp3) is 0.368. The van der Waals surface area contributed by atoms with Crippen LogP contribution in [-0.4, -0.2) is 36.3 Å². The smallest absolute Gasteiger partial charge is 0.263 e. The second kappa shape index (κ2) is 7.80. The van der Waals surface area contributed by atoms with Gasteiger partial charge in [0.25, 0.3) is 5.91 Å². The second-order valence-corrected chi connectivity index (χ2v) is 7.57. The summed E-state index contributed by atoms with van der Waals surface area (Å²) in [6.07, 6.45) is 0. The largest absolute Gasteiger partial charge is 0.351 e. The Balaban J connectivity index is 1.70. The predicted molar refractivity (Wildman–Crippen MR) is 99.5 cm³/mol. The Morgan fingerprint density at radius 3 is 2.64 bits per heavy atom. The Morgan fingerprint density at radius 1 is 1.20 bits per heavy atom. The molecule has 1 aromatic heterocycles. The first-order valence-electron chi connectivity index (χ1n) is 8.46. The van der Waals surface area contributed by atoms with Gasteiger partial charge in [0.15, 0.2) is 0 Å². The molecule has 132 valence electrons. The highest BCUT2D eigenvalue weighted by Crippen LogP contribution is 2.33. The van der Waals surface area contributed by atoms with Gasteiger partial charge in [-0.3, -0.25) is 9.59 Å². The second-order valence-electron chi connectivity index (χ2n) is 6.40. The zero-order valence-electron chi connectivity index (χ0n) is 14.3. The van der Waals surface area contributed by atoms with Crippen LogP contribution in [-0.2, 0) is 11.3 Å². The summed E-state index contributed by atoms with van der Waals surface area (Å²) in [6, 6.07) is 14.0. The van der Waals surface area contributed by atoms with E-state index in [9.17, 15) is 9.59 Å². The average molecular weight is 357 g/mol. The monoisotopic (exact) mass is 357 g/mol. The molecule has 0 spiro atoms. The highest BCUT2D eigenvalue weighted by molar-refractivity contribution is 7.14. The number of nitrogens with zero attached hydrogens (tertiary/aromatic N) is 1. The van der Waals surface area contributed by atoms with Gasteiger partial charge in [-0.05, 0) is 30.2 Å². The molecule has 2 amide bonds. The Hall–Kier alpha value is -2.18. The van der Waals surface area contributed by atoms with Crippen LogP contribution in [0, 0.1) is 5.92 Å². The van der Waals surface area contributed by atoms with Gasteiger partial charge in [-0.25, -0.2) is 0 Å². The topological polar surface area (TPSA) is 75.4 Å². The van der Waals surface area contributed by atoms with Crippen molar-refractivity contribution in [3.63, 3.8) is 0 Å². The van der Waals surface area contributed by atoms with Crippen molar-refractivity contribution in [2.24, 2.45) is 11.7 Å². The van der Waals surface area contributed by atoms with E-state index in [1.54, 1.807) is 0 Å². The fourth-order valence-electron chi connectivity index (χ4n) is 3.31. The van der Waals surface area contributed by atoms with Crippen LogP contribution < -0.4 is 11.1 Å². The SMILES string of the molecule is CC(=O)NCc1ccc(C(=O)N2C[C@@H](CN)[C@H](c3ccccc3)C2)s1. The number of carbonyl (C=O) groups is 2. The van der Waals surface area contributed by atoms with Crippen LogP contribution in [0.4, 0.5) is 0 Å². The van der Waals surface area contributed by atoms with Crippen molar-refractivity contribution in [3.8, 4) is 0 Å². The molecule has 0 radical (unpaired) electrons. The lowest BCUT2D eigenvalue weighted by Gasteiger charge is -2.16. The van der Waals surface area contributed by atoms with Crippen LogP contribution in [0.25, 0.3) is 0 Å². The summed E-state index contributed by atoms with van der Waals surface area (Å²) < 4.78 is 0. The normalized spacial score (nSPS) is 19.8. The molecule has 0 unspecified atom stereocenters. The van der Waals surface area contributed by atoms with Gasteiger partial charge in [0, 0.05) is 30.8 Å². The number of nitrogens with one attached hydrogen (secondary N) is 1. The van der Waals surface area contributed by atoms with Crippen molar-refractivity contribution in [2.75, 3.05) is 19.6 Å². The minimum absolute atomic E-state index is 0.0518. The molecule has 1 aliphatic rings. The highest BCUT2D eigenvalue weighted by Gasteiger charge is 2.35. The summed E-state index contributed by atoms with van der Waals surface area (Å²) in [5, 5.41) is 2.76. The zero-order chi connectivity index (χ0) is 17.8. The first-order valence-corrected chi connectivity index (χ1v) is 9.27. The third kappa shape index (κ3) is 4.08. The number of nitrogens with two attached hydrogens (primary N) is 1. The molecule has 2 atom stereocenters. The quantitative estimate of drug-likeness (QED) is 0.861. The number of benzene rings is 1. The Bertz CT molecular complexity index is 744. The van der Waals surface area contributed by atoms with Crippen molar-refractivity contribution in [2.45, 2.75) is 19.4 Å². The molecule has 3 N–H and O–H groups in total. The zero-order valence-corrected chi connectivity index (χ0v) is 15.1. The van der Waals surface area contributed by atoms with E-state index in [0.29, 0.717) is 31.1 Å². The summed E-state index contributed by atoms with van der Waals surface area (Å²) in [5.41, 5.74) is 7.20. The molecule has 3 rings (SSSR count). The molecular weight excluding hydrogens is 334 g/mol. The molecule has 25 heavy (non-hydrogen) atoms. The number of rotatable bonds is 5. The van der Waals surface area contributed by atoms with Crippen LogP contribution in [0.1, 0.15) is 33.0 Å². The molecule has 0 bridgehead atoms. The Labute approximate surface area is 151 Å². The molecular formula is C19H23N3O2S. The number of hydrogen-bond donors (Lipinski definition) is 2. The third-order valence-corrected chi connectivity index (χ3v) is 5.72. The van der Waals surface area contributed by atoms with E-state index in [4.69, 9.17) is 5.73 Å². The first kappa shape index (κ1) is 17.6. The van der Waals surface area contributed by atoms with Crippen molar-refractivity contribution < 1.29 is 9.59 Å². The van der Waals surface area contributed by atoms with Gasteiger partial charge in [0.05, 0.1) is 11.4 Å². The van der Waals surface area contributed by atoms with E-state index in [1.807, 2.05) is 35.2 Å². The van der Waals surface area contributed by atoms with Crippen LogP contribution in [0.5, 0.6) is 0 Å². The van der Waals surface area contributed by atoms with Gasteiger partial charge in [0.2, 0.25) is 5.91 Å². The third-order valence-electron chi connectivity index (χ3n) is 4.64. The molecule has 0 saturated carbocycles. The predicted octanol–water partition coefficient (Wildman–Crippen LogP) is 2.20. The number of hydrogen-bond acceptors (Lipinski definition) is 4. The molecule has 0 aliphatic carbocycles. The number of thiophene rings is 1. The lowest BCUT2D eigenvalue weighted by atomic mass is 9.89.